The predicted octanol–water partition coefficient (Wildman–Crippen LogP) is 2.08. The first-order chi connectivity index (χ1) is 9.06. The van der Waals surface area contributed by atoms with E-state index in [1.54, 1.807) is 6.07 Å². The van der Waals surface area contributed by atoms with Gasteiger partial charge in [-0.15, -0.1) is 0 Å². The van der Waals surface area contributed by atoms with Gasteiger partial charge in [-0.05, 0) is 24.3 Å². The molecule has 19 heavy (non-hydrogen) atoms. The number of amides is 1. The van der Waals surface area contributed by atoms with Crippen LogP contribution in [0.15, 0.2) is 36.7 Å². The number of anilines is 1. The molecular weight excluding hydrogens is 270 g/mol. The Morgan fingerprint density at radius 1 is 1.21 bits per heavy atom. The van der Waals surface area contributed by atoms with Crippen molar-refractivity contribution in [2.24, 2.45) is 0 Å². The van der Waals surface area contributed by atoms with Crippen molar-refractivity contribution >= 4 is 29.3 Å². The third kappa shape index (κ3) is 3.26. The molecule has 0 aliphatic rings. The first-order valence-corrected chi connectivity index (χ1v) is 5.56. The predicted molar refractivity (Wildman–Crippen MR) is 68.4 cm³/mol. The third-order valence-electron chi connectivity index (χ3n) is 2.21. The van der Waals surface area contributed by atoms with Crippen molar-refractivity contribution in [1.29, 1.82) is 0 Å². The summed E-state index contributed by atoms with van der Waals surface area (Å²) in [5.74, 6) is -1.32. The topological polar surface area (TPSA) is 92.2 Å². The molecule has 0 unspecified atom stereocenters. The van der Waals surface area contributed by atoms with Gasteiger partial charge in [0.2, 0.25) is 0 Å². The molecule has 2 rings (SSSR count). The number of aromatic carboxylic acids is 1. The van der Waals surface area contributed by atoms with Crippen LogP contribution in [-0.4, -0.2) is 27.0 Å². The van der Waals surface area contributed by atoms with Gasteiger partial charge in [0.1, 0.15) is 11.5 Å². The Balaban J connectivity index is 2.13. The summed E-state index contributed by atoms with van der Waals surface area (Å²) in [5, 5.41) is 11.6. The second kappa shape index (κ2) is 5.45. The molecule has 6 nitrogen and oxygen atoms in total. The first kappa shape index (κ1) is 13.0. The van der Waals surface area contributed by atoms with Gasteiger partial charge in [0.15, 0.2) is 0 Å². The zero-order chi connectivity index (χ0) is 13.8. The molecule has 0 atom stereocenters. The quantitative estimate of drug-likeness (QED) is 0.896. The normalized spacial score (nSPS) is 9.95. The SMILES string of the molecule is O=C(O)c1ccc(NC(=O)c2cc(Cl)ccn2)nc1. The van der Waals surface area contributed by atoms with Crippen LogP contribution < -0.4 is 5.32 Å². The number of carbonyl (C=O) groups is 2. The molecule has 0 saturated carbocycles. The minimum Gasteiger partial charge on any atom is -0.478 e. The van der Waals surface area contributed by atoms with E-state index in [1.807, 2.05) is 0 Å². The molecular formula is C12H8ClN3O3. The molecule has 2 heterocycles. The zero-order valence-electron chi connectivity index (χ0n) is 9.50. The molecule has 2 aromatic rings. The summed E-state index contributed by atoms with van der Waals surface area (Å²) in [6.45, 7) is 0. The standard InChI is InChI=1S/C12H8ClN3O3/c13-8-3-4-14-9(5-8)11(17)16-10-2-1-7(6-15-10)12(18)19/h1-6H,(H,18,19)(H,15,16,17). The van der Waals surface area contributed by atoms with E-state index in [4.69, 9.17) is 16.7 Å². The van der Waals surface area contributed by atoms with Crippen LogP contribution in [0.4, 0.5) is 5.82 Å². The van der Waals surface area contributed by atoms with E-state index in [0.29, 0.717) is 5.02 Å². The summed E-state index contributed by atoms with van der Waals surface area (Å²) in [7, 11) is 0. The van der Waals surface area contributed by atoms with Crippen LogP contribution in [-0.2, 0) is 0 Å². The lowest BCUT2D eigenvalue weighted by atomic mass is 10.3. The van der Waals surface area contributed by atoms with Crippen LogP contribution in [0.1, 0.15) is 20.8 Å². The fraction of sp³-hybridized carbons (Fsp3) is 0. The average molecular weight is 278 g/mol. The van der Waals surface area contributed by atoms with E-state index in [1.165, 1.54) is 24.4 Å². The van der Waals surface area contributed by atoms with Gasteiger partial charge in [0.25, 0.3) is 5.91 Å². The van der Waals surface area contributed by atoms with Gasteiger partial charge >= 0.3 is 5.97 Å². The Hall–Kier alpha value is -2.47. The zero-order valence-corrected chi connectivity index (χ0v) is 10.3. The fourth-order valence-corrected chi connectivity index (χ4v) is 1.46. The molecule has 0 aliphatic carbocycles. The highest BCUT2D eigenvalue weighted by atomic mass is 35.5. The lowest BCUT2D eigenvalue weighted by Gasteiger charge is -2.04. The number of rotatable bonds is 3. The van der Waals surface area contributed by atoms with Crippen LogP contribution >= 0.6 is 11.6 Å². The number of hydrogen-bond acceptors (Lipinski definition) is 4. The smallest absolute Gasteiger partial charge is 0.337 e. The van der Waals surface area contributed by atoms with Crippen molar-refractivity contribution in [3.8, 4) is 0 Å². The number of nitrogens with one attached hydrogen (secondary N) is 1. The van der Waals surface area contributed by atoms with E-state index < -0.39 is 11.9 Å². The number of carboxylic acid groups (broad SMARTS) is 1. The van der Waals surface area contributed by atoms with Gasteiger partial charge in [-0.3, -0.25) is 9.78 Å². The minimum atomic E-state index is -1.08. The number of pyridine rings is 2. The van der Waals surface area contributed by atoms with E-state index in [9.17, 15) is 9.59 Å². The van der Waals surface area contributed by atoms with E-state index in [2.05, 4.69) is 15.3 Å². The van der Waals surface area contributed by atoms with Gasteiger partial charge in [-0.1, -0.05) is 11.6 Å². The van der Waals surface area contributed by atoms with E-state index in [-0.39, 0.29) is 17.1 Å². The number of carbonyl (C=O) groups excluding carboxylic acids is 1. The summed E-state index contributed by atoms with van der Waals surface area (Å²) in [6, 6.07) is 5.71. The molecule has 0 fully saturated rings. The molecule has 0 aromatic carbocycles. The molecule has 7 heteroatoms. The maximum absolute atomic E-state index is 11.8. The van der Waals surface area contributed by atoms with Crippen molar-refractivity contribution in [3.63, 3.8) is 0 Å². The Morgan fingerprint density at radius 2 is 2.00 bits per heavy atom. The maximum atomic E-state index is 11.8. The highest BCUT2D eigenvalue weighted by Crippen LogP contribution is 2.10. The summed E-state index contributed by atoms with van der Waals surface area (Å²) in [6.07, 6.45) is 2.57. The molecule has 96 valence electrons. The van der Waals surface area contributed by atoms with Crippen molar-refractivity contribution in [2.45, 2.75) is 0 Å². The van der Waals surface area contributed by atoms with Crippen LogP contribution in [0, 0.1) is 0 Å². The Bertz CT molecular complexity index is 628. The Labute approximate surface area is 113 Å². The largest absolute Gasteiger partial charge is 0.478 e. The van der Waals surface area contributed by atoms with Gasteiger partial charge in [-0.25, -0.2) is 9.78 Å². The van der Waals surface area contributed by atoms with Crippen LogP contribution in [0.25, 0.3) is 0 Å². The number of carboxylic acids is 1. The molecule has 0 saturated heterocycles. The summed E-state index contributed by atoms with van der Waals surface area (Å²) in [4.78, 5) is 30.1. The second-order valence-electron chi connectivity index (χ2n) is 3.55. The molecule has 2 N–H and O–H groups in total. The molecule has 0 spiro atoms. The monoisotopic (exact) mass is 277 g/mol. The fourth-order valence-electron chi connectivity index (χ4n) is 1.30. The first-order valence-electron chi connectivity index (χ1n) is 5.18. The number of halogens is 1. The highest BCUT2D eigenvalue weighted by Gasteiger charge is 2.09. The van der Waals surface area contributed by atoms with Crippen LogP contribution in [0.2, 0.25) is 5.02 Å². The average Bonchev–Trinajstić information content (AvgIpc) is 2.39. The minimum absolute atomic E-state index is 0.0406. The van der Waals surface area contributed by atoms with Crippen molar-refractivity contribution < 1.29 is 14.7 Å². The summed E-state index contributed by atoms with van der Waals surface area (Å²) >= 11 is 5.75. The van der Waals surface area contributed by atoms with Gasteiger partial charge in [0.05, 0.1) is 5.56 Å². The van der Waals surface area contributed by atoms with Gasteiger partial charge in [0, 0.05) is 17.4 Å². The van der Waals surface area contributed by atoms with Gasteiger partial charge < -0.3 is 10.4 Å². The van der Waals surface area contributed by atoms with Gasteiger partial charge in [-0.2, -0.15) is 0 Å². The molecule has 0 bridgehead atoms. The van der Waals surface area contributed by atoms with Crippen LogP contribution in [0.3, 0.4) is 0 Å². The van der Waals surface area contributed by atoms with E-state index in [0.717, 1.165) is 6.20 Å². The lowest BCUT2D eigenvalue weighted by molar-refractivity contribution is 0.0696. The molecule has 0 radical (unpaired) electrons. The Kier molecular flexibility index (Phi) is 3.72. The molecule has 1 amide bonds. The number of nitrogens with zero attached hydrogens (tertiary/aromatic N) is 2. The molecule has 0 aliphatic heterocycles. The second-order valence-corrected chi connectivity index (χ2v) is 3.99. The lowest BCUT2D eigenvalue weighted by Crippen LogP contribution is -2.14. The Morgan fingerprint density at radius 3 is 2.58 bits per heavy atom. The van der Waals surface area contributed by atoms with Crippen molar-refractivity contribution in [3.05, 3.63) is 52.9 Å². The number of hydrogen-bond donors (Lipinski definition) is 2. The van der Waals surface area contributed by atoms with Crippen LogP contribution in [0.5, 0.6) is 0 Å². The highest BCUT2D eigenvalue weighted by molar-refractivity contribution is 6.30. The maximum Gasteiger partial charge on any atom is 0.337 e. The van der Waals surface area contributed by atoms with Crippen molar-refractivity contribution in [2.75, 3.05) is 5.32 Å². The summed E-state index contributed by atoms with van der Waals surface area (Å²) in [5.41, 5.74) is 0.190. The van der Waals surface area contributed by atoms with Crippen molar-refractivity contribution in [1.82, 2.24) is 9.97 Å². The number of aromatic nitrogens is 2. The third-order valence-corrected chi connectivity index (χ3v) is 2.44. The summed E-state index contributed by atoms with van der Waals surface area (Å²) < 4.78 is 0. The molecule has 2 aromatic heterocycles. The van der Waals surface area contributed by atoms with E-state index >= 15 is 0 Å².